The van der Waals surface area contributed by atoms with E-state index in [1.807, 2.05) is 19.1 Å². The zero-order valence-corrected chi connectivity index (χ0v) is 15.0. The van der Waals surface area contributed by atoms with Gasteiger partial charge in [-0.15, -0.1) is 0 Å². The molecule has 0 atom stereocenters. The van der Waals surface area contributed by atoms with Gasteiger partial charge in [0.15, 0.2) is 6.61 Å². The van der Waals surface area contributed by atoms with Crippen LogP contribution in [-0.2, 0) is 16.0 Å². The van der Waals surface area contributed by atoms with Crippen molar-refractivity contribution in [1.82, 2.24) is 5.32 Å². The van der Waals surface area contributed by atoms with Gasteiger partial charge in [0.1, 0.15) is 0 Å². The highest BCUT2D eigenvalue weighted by molar-refractivity contribution is 5.92. The topological polar surface area (TPSA) is 55.4 Å². The first-order valence-corrected chi connectivity index (χ1v) is 8.55. The monoisotopic (exact) mass is 339 g/mol. The summed E-state index contributed by atoms with van der Waals surface area (Å²) in [5.74, 6) is -0.255. The average molecular weight is 339 g/mol. The predicted molar refractivity (Wildman–Crippen MR) is 98.7 cm³/mol. The van der Waals surface area contributed by atoms with Crippen LogP contribution in [0.15, 0.2) is 48.5 Å². The van der Waals surface area contributed by atoms with Gasteiger partial charge >= 0.3 is 5.97 Å². The van der Waals surface area contributed by atoms with E-state index in [1.165, 1.54) is 11.1 Å². The highest BCUT2D eigenvalue weighted by Crippen LogP contribution is 2.14. The molecular weight excluding hydrogens is 314 g/mol. The molecule has 0 aliphatic carbocycles. The quantitative estimate of drug-likeness (QED) is 0.784. The molecular formula is C21H25NO3. The van der Waals surface area contributed by atoms with E-state index in [4.69, 9.17) is 4.74 Å². The third kappa shape index (κ3) is 5.75. The number of ether oxygens (including phenoxy) is 1. The van der Waals surface area contributed by atoms with E-state index >= 15 is 0 Å². The van der Waals surface area contributed by atoms with Crippen LogP contribution in [-0.4, -0.2) is 25.0 Å². The lowest BCUT2D eigenvalue weighted by Crippen LogP contribution is -2.30. The summed E-state index contributed by atoms with van der Waals surface area (Å²) in [5, 5.41) is 2.77. The van der Waals surface area contributed by atoms with E-state index in [0.717, 1.165) is 12.0 Å². The van der Waals surface area contributed by atoms with Crippen molar-refractivity contribution >= 4 is 11.9 Å². The number of hydrogen-bond acceptors (Lipinski definition) is 3. The second kappa shape index (κ2) is 9.02. The summed E-state index contributed by atoms with van der Waals surface area (Å²) in [6, 6.07) is 15.6. The fourth-order valence-electron chi connectivity index (χ4n) is 2.48. The summed E-state index contributed by atoms with van der Waals surface area (Å²) in [4.78, 5) is 23.8. The number of nitrogens with one attached hydrogen (secondary N) is 1. The highest BCUT2D eigenvalue weighted by atomic mass is 16.5. The van der Waals surface area contributed by atoms with E-state index in [0.29, 0.717) is 18.0 Å². The van der Waals surface area contributed by atoms with Crippen molar-refractivity contribution in [3.05, 3.63) is 70.8 Å². The van der Waals surface area contributed by atoms with Gasteiger partial charge in [-0.05, 0) is 42.0 Å². The fraction of sp³-hybridized carbons (Fsp3) is 0.333. The number of rotatable bonds is 7. The lowest BCUT2D eigenvalue weighted by Gasteiger charge is -2.09. The van der Waals surface area contributed by atoms with Gasteiger partial charge in [-0.1, -0.05) is 56.3 Å². The van der Waals surface area contributed by atoms with Gasteiger partial charge in [0.05, 0.1) is 5.56 Å². The van der Waals surface area contributed by atoms with Crippen molar-refractivity contribution in [3.8, 4) is 0 Å². The second-order valence-corrected chi connectivity index (χ2v) is 6.39. The van der Waals surface area contributed by atoms with E-state index in [2.05, 4.69) is 43.4 Å². The number of hydrogen-bond donors (Lipinski definition) is 1. The minimum atomic E-state index is -0.475. The van der Waals surface area contributed by atoms with Gasteiger partial charge in [0.25, 0.3) is 5.91 Å². The summed E-state index contributed by atoms with van der Waals surface area (Å²) in [5.41, 5.74) is 3.79. The number of amides is 1. The molecule has 0 bridgehead atoms. The van der Waals surface area contributed by atoms with Crippen LogP contribution in [0.5, 0.6) is 0 Å². The van der Waals surface area contributed by atoms with Crippen molar-refractivity contribution in [3.63, 3.8) is 0 Å². The summed E-state index contributed by atoms with van der Waals surface area (Å²) in [7, 11) is 0. The van der Waals surface area contributed by atoms with Crippen LogP contribution in [0.3, 0.4) is 0 Å². The molecule has 2 rings (SSSR count). The Morgan fingerprint density at radius 3 is 2.36 bits per heavy atom. The van der Waals surface area contributed by atoms with E-state index < -0.39 is 5.97 Å². The molecule has 0 fully saturated rings. The molecule has 2 aromatic rings. The van der Waals surface area contributed by atoms with Gasteiger partial charge in [0, 0.05) is 6.54 Å². The molecule has 0 saturated carbocycles. The van der Waals surface area contributed by atoms with Gasteiger partial charge in [-0.3, -0.25) is 4.79 Å². The number of carbonyl (C=O) groups is 2. The van der Waals surface area contributed by atoms with Gasteiger partial charge in [0.2, 0.25) is 0 Å². The van der Waals surface area contributed by atoms with E-state index in [9.17, 15) is 9.59 Å². The first-order chi connectivity index (χ1) is 12.0. The molecule has 0 saturated heterocycles. The second-order valence-electron chi connectivity index (χ2n) is 6.39. The largest absolute Gasteiger partial charge is 0.452 e. The molecule has 0 radical (unpaired) electrons. The van der Waals surface area contributed by atoms with E-state index in [1.54, 1.807) is 12.1 Å². The van der Waals surface area contributed by atoms with Crippen molar-refractivity contribution in [1.29, 1.82) is 0 Å². The number of esters is 1. The summed E-state index contributed by atoms with van der Waals surface area (Å²) >= 11 is 0. The molecule has 132 valence electrons. The Hall–Kier alpha value is -2.62. The van der Waals surface area contributed by atoms with Crippen LogP contribution >= 0.6 is 0 Å². The van der Waals surface area contributed by atoms with Crippen LogP contribution in [0.4, 0.5) is 0 Å². The Morgan fingerprint density at radius 1 is 1.04 bits per heavy atom. The molecule has 2 aromatic carbocycles. The molecule has 0 aromatic heterocycles. The average Bonchev–Trinajstić information content (AvgIpc) is 2.60. The number of carbonyl (C=O) groups excluding carboxylic acids is 2. The Balaban J connectivity index is 1.72. The van der Waals surface area contributed by atoms with Crippen molar-refractivity contribution < 1.29 is 14.3 Å². The molecule has 0 heterocycles. The minimum absolute atomic E-state index is 0.264. The molecule has 0 aliphatic heterocycles. The number of benzene rings is 2. The van der Waals surface area contributed by atoms with Crippen molar-refractivity contribution in [2.45, 2.75) is 33.1 Å². The molecule has 1 N–H and O–H groups in total. The smallest absolute Gasteiger partial charge is 0.338 e. The minimum Gasteiger partial charge on any atom is -0.452 e. The Morgan fingerprint density at radius 2 is 1.72 bits per heavy atom. The molecule has 25 heavy (non-hydrogen) atoms. The fourth-order valence-corrected chi connectivity index (χ4v) is 2.48. The zero-order valence-electron chi connectivity index (χ0n) is 15.0. The molecule has 4 heteroatoms. The van der Waals surface area contributed by atoms with Crippen LogP contribution in [0, 0.1) is 6.92 Å². The Bertz CT molecular complexity index is 720. The molecule has 4 nitrogen and oxygen atoms in total. The molecule has 0 spiro atoms. The van der Waals surface area contributed by atoms with Crippen LogP contribution in [0.2, 0.25) is 0 Å². The van der Waals surface area contributed by atoms with Gasteiger partial charge < -0.3 is 10.1 Å². The van der Waals surface area contributed by atoms with E-state index in [-0.39, 0.29) is 12.5 Å². The van der Waals surface area contributed by atoms with Crippen LogP contribution < -0.4 is 5.32 Å². The lowest BCUT2D eigenvalue weighted by molar-refractivity contribution is -0.124. The Labute approximate surface area is 149 Å². The molecule has 1 amide bonds. The SMILES string of the molecule is Cc1ccccc1C(=O)OCC(=O)NCCc1ccc(C(C)C)cc1. The third-order valence-corrected chi connectivity index (χ3v) is 4.08. The first kappa shape index (κ1) is 18.7. The van der Waals surface area contributed by atoms with Gasteiger partial charge in [-0.2, -0.15) is 0 Å². The third-order valence-electron chi connectivity index (χ3n) is 4.08. The Kier molecular flexibility index (Phi) is 6.75. The molecule has 0 aliphatic rings. The maximum absolute atomic E-state index is 11.9. The molecule has 0 unspecified atom stereocenters. The summed E-state index contributed by atoms with van der Waals surface area (Å²) in [6.07, 6.45) is 0.746. The maximum atomic E-state index is 11.9. The highest BCUT2D eigenvalue weighted by Gasteiger charge is 2.11. The zero-order chi connectivity index (χ0) is 18.2. The first-order valence-electron chi connectivity index (χ1n) is 8.55. The standard InChI is InChI=1S/C21H25NO3/c1-15(2)18-10-8-17(9-11-18)12-13-22-20(23)14-25-21(24)19-7-5-4-6-16(19)3/h4-11,15H,12-14H2,1-3H3,(H,22,23). The summed E-state index contributed by atoms with van der Waals surface area (Å²) < 4.78 is 5.06. The maximum Gasteiger partial charge on any atom is 0.338 e. The number of aryl methyl sites for hydroxylation is 1. The van der Waals surface area contributed by atoms with Crippen LogP contribution in [0.25, 0.3) is 0 Å². The predicted octanol–water partition coefficient (Wildman–Crippen LogP) is 3.63. The van der Waals surface area contributed by atoms with Crippen LogP contribution in [0.1, 0.15) is 46.8 Å². The van der Waals surface area contributed by atoms with Crippen molar-refractivity contribution in [2.75, 3.05) is 13.2 Å². The van der Waals surface area contributed by atoms with Gasteiger partial charge in [-0.25, -0.2) is 4.79 Å². The van der Waals surface area contributed by atoms with Crippen molar-refractivity contribution in [2.24, 2.45) is 0 Å². The normalized spacial score (nSPS) is 10.6. The summed E-state index contributed by atoms with van der Waals surface area (Å²) in [6.45, 7) is 6.41. The lowest BCUT2D eigenvalue weighted by atomic mass is 10.0.